The summed E-state index contributed by atoms with van der Waals surface area (Å²) in [5.74, 6) is 0. The maximum atomic E-state index is 12.5. The third-order valence-electron chi connectivity index (χ3n) is 2.72. The quantitative estimate of drug-likeness (QED) is 0.718. The number of nitrogens with zero attached hydrogens (tertiary/aromatic N) is 1. The monoisotopic (exact) mass is 333 g/mol. The number of unbranched alkanes of at least 4 members (excludes halogenated alkanes) is 1. The van der Waals surface area contributed by atoms with E-state index in [1.54, 1.807) is 22.5 Å². The Kier molecular flexibility index (Phi) is 6.32. The van der Waals surface area contributed by atoms with Gasteiger partial charge in [-0.3, -0.25) is 0 Å². The van der Waals surface area contributed by atoms with Crippen molar-refractivity contribution in [3.05, 3.63) is 29.8 Å². The molecule has 0 atom stereocenters. The second-order valence-corrected chi connectivity index (χ2v) is 6.99. The van der Waals surface area contributed by atoms with Crippen LogP contribution in [0.5, 0.6) is 0 Å². The number of hydrogen-bond donors (Lipinski definition) is 0. The Bertz CT molecular complexity index is 474. The van der Waals surface area contributed by atoms with Crippen LogP contribution in [0.25, 0.3) is 0 Å². The van der Waals surface area contributed by atoms with Crippen molar-refractivity contribution < 1.29 is 8.42 Å². The minimum Gasteiger partial charge on any atom is -0.207 e. The lowest BCUT2D eigenvalue weighted by molar-refractivity contribution is 0.422. The number of rotatable bonds is 7. The molecule has 0 N–H and O–H groups in total. The average molecular weight is 334 g/mol. The first-order chi connectivity index (χ1) is 8.52. The van der Waals surface area contributed by atoms with Gasteiger partial charge in [-0.25, -0.2) is 8.42 Å². The summed E-state index contributed by atoms with van der Waals surface area (Å²) in [6.07, 6.45) is 1.88. The van der Waals surface area contributed by atoms with Crippen LogP contribution in [0.15, 0.2) is 29.2 Å². The molecule has 0 amide bonds. The van der Waals surface area contributed by atoms with E-state index in [1.807, 2.05) is 13.0 Å². The standard InChI is InChI=1S/C13H20BrNO2S/c1-3-4-9-15(10-8-14)18(16,17)13-7-5-6-12(2)11-13/h5-7,11H,3-4,8-10H2,1-2H3. The van der Waals surface area contributed by atoms with Crippen molar-refractivity contribution in [1.82, 2.24) is 4.31 Å². The van der Waals surface area contributed by atoms with Crippen LogP contribution < -0.4 is 0 Å². The highest BCUT2D eigenvalue weighted by Gasteiger charge is 2.23. The highest BCUT2D eigenvalue weighted by Crippen LogP contribution is 2.17. The maximum absolute atomic E-state index is 12.5. The zero-order valence-corrected chi connectivity index (χ0v) is 13.3. The van der Waals surface area contributed by atoms with Crippen LogP contribution >= 0.6 is 15.9 Å². The van der Waals surface area contributed by atoms with Gasteiger partial charge >= 0.3 is 0 Å². The number of hydrogen-bond acceptors (Lipinski definition) is 2. The maximum Gasteiger partial charge on any atom is 0.243 e. The minimum atomic E-state index is -3.35. The van der Waals surface area contributed by atoms with Gasteiger partial charge in [0.25, 0.3) is 0 Å². The summed E-state index contributed by atoms with van der Waals surface area (Å²) < 4.78 is 26.5. The number of aryl methyl sites for hydroxylation is 1. The molecular formula is C13H20BrNO2S. The van der Waals surface area contributed by atoms with Gasteiger partial charge in [0.05, 0.1) is 4.90 Å². The second-order valence-electron chi connectivity index (χ2n) is 4.26. The predicted octanol–water partition coefficient (Wildman–Crippen LogP) is 3.18. The number of alkyl halides is 1. The van der Waals surface area contributed by atoms with Gasteiger partial charge < -0.3 is 0 Å². The molecule has 0 heterocycles. The fourth-order valence-corrected chi connectivity index (χ4v) is 3.95. The van der Waals surface area contributed by atoms with Gasteiger partial charge in [-0.05, 0) is 31.0 Å². The molecule has 0 aliphatic rings. The van der Waals surface area contributed by atoms with Gasteiger partial charge in [0.2, 0.25) is 10.0 Å². The van der Waals surface area contributed by atoms with Gasteiger partial charge in [-0.15, -0.1) is 0 Å². The van der Waals surface area contributed by atoms with Crippen molar-refractivity contribution in [3.8, 4) is 0 Å². The molecule has 18 heavy (non-hydrogen) atoms. The van der Waals surface area contributed by atoms with E-state index < -0.39 is 10.0 Å². The Morgan fingerprint density at radius 1 is 1.28 bits per heavy atom. The Hall–Kier alpha value is -0.390. The molecule has 1 aromatic rings. The highest BCUT2D eigenvalue weighted by molar-refractivity contribution is 9.09. The Morgan fingerprint density at radius 2 is 2.00 bits per heavy atom. The van der Waals surface area contributed by atoms with Crippen molar-refractivity contribution in [2.24, 2.45) is 0 Å². The molecule has 0 saturated heterocycles. The minimum absolute atomic E-state index is 0.388. The number of sulfonamides is 1. The van der Waals surface area contributed by atoms with E-state index in [-0.39, 0.29) is 0 Å². The Balaban J connectivity index is 3.00. The third-order valence-corrected chi connectivity index (χ3v) is 4.97. The summed E-state index contributed by atoms with van der Waals surface area (Å²) in [5.41, 5.74) is 0.963. The summed E-state index contributed by atoms with van der Waals surface area (Å²) in [6, 6.07) is 7.08. The largest absolute Gasteiger partial charge is 0.243 e. The van der Waals surface area contributed by atoms with Crippen molar-refractivity contribution in [2.75, 3.05) is 18.4 Å². The normalized spacial score (nSPS) is 12.0. The molecule has 0 radical (unpaired) electrons. The van der Waals surface area contributed by atoms with Crippen LogP contribution in [0.2, 0.25) is 0 Å². The molecule has 102 valence electrons. The molecule has 3 nitrogen and oxygen atoms in total. The summed E-state index contributed by atoms with van der Waals surface area (Å²) >= 11 is 3.32. The van der Waals surface area contributed by atoms with Crippen molar-refractivity contribution in [3.63, 3.8) is 0 Å². The molecule has 0 aliphatic carbocycles. The fourth-order valence-electron chi connectivity index (χ4n) is 1.71. The van der Waals surface area contributed by atoms with Crippen LogP contribution in [0.4, 0.5) is 0 Å². The Morgan fingerprint density at radius 3 is 2.56 bits per heavy atom. The summed E-state index contributed by atoms with van der Waals surface area (Å²) in [7, 11) is -3.35. The smallest absolute Gasteiger partial charge is 0.207 e. The second kappa shape index (κ2) is 7.26. The molecule has 0 unspecified atom stereocenters. The van der Waals surface area contributed by atoms with Gasteiger partial charge in [0.1, 0.15) is 0 Å². The van der Waals surface area contributed by atoms with Crippen LogP contribution in [-0.4, -0.2) is 31.1 Å². The van der Waals surface area contributed by atoms with Crippen LogP contribution in [0, 0.1) is 6.92 Å². The van der Waals surface area contributed by atoms with Gasteiger partial charge in [0, 0.05) is 18.4 Å². The van der Waals surface area contributed by atoms with Crippen LogP contribution in [-0.2, 0) is 10.0 Å². The van der Waals surface area contributed by atoms with Gasteiger partial charge in [0.15, 0.2) is 0 Å². The Labute approximate surface area is 118 Å². The zero-order valence-electron chi connectivity index (χ0n) is 10.9. The number of halogens is 1. The van der Waals surface area contributed by atoms with E-state index in [0.29, 0.717) is 23.3 Å². The fraction of sp³-hybridized carbons (Fsp3) is 0.538. The predicted molar refractivity (Wildman–Crippen MR) is 78.6 cm³/mol. The van der Waals surface area contributed by atoms with E-state index in [1.165, 1.54) is 0 Å². The van der Waals surface area contributed by atoms with Gasteiger partial charge in [-0.1, -0.05) is 41.4 Å². The summed E-state index contributed by atoms with van der Waals surface area (Å²) in [4.78, 5) is 0.388. The van der Waals surface area contributed by atoms with Crippen molar-refractivity contribution in [2.45, 2.75) is 31.6 Å². The molecule has 5 heteroatoms. The molecule has 0 spiro atoms. The third kappa shape index (κ3) is 4.07. The lowest BCUT2D eigenvalue weighted by Gasteiger charge is -2.21. The van der Waals surface area contributed by atoms with Crippen molar-refractivity contribution >= 4 is 26.0 Å². The zero-order chi connectivity index (χ0) is 13.6. The molecule has 1 aromatic carbocycles. The highest BCUT2D eigenvalue weighted by atomic mass is 79.9. The SMILES string of the molecule is CCCCN(CCBr)S(=O)(=O)c1cccc(C)c1. The molecular weight excluding hydrogens is 314 g/mol. The van der Waals surface area contributed by atoms with E-state index in [0.717, 1.165) is 18.4 Å². The molecule has 0 aliphatic heterocycles. The first-order valence-electron chi connectivity index (χ1n) is 6.15. The van der Waals surface area contributed by atoms with Crippen LogP contribution in [0.1, 0.15) is 25.3 Å². The molecule has 0 saturated carbocycles. The summed E-state index contributed by atoms with van der Waals surface area (Å²) in [5, 5.41) is 0.655. The molecule has 0 aromatic heterocycles. The van der Waals surface area contributed by atoms with E-state index in [4.69, 9.17) is 0 Å². The number of benzene rings is 1. The van der Waals surface area contributed by atoms with E-state index in [2.05, 4.69) is 22.9 Å². The average Bonchev–Trinajstić information content (AvgIpc) is 2.34. The first-order valence-corrected chi connectivity index (χ1v) is 8.71. The lowest BCUT2D eigenvalue weighted by Crippen LogP contribution is -2.33. The van der Waals surface area contributed by atoms with Gasteiger partial charge in [-0.2, -0.15) is 4.31 Å². The molecule has 1 rings (SSSR count). The molecule has 0 fully saturated rings. The summed E-state index contributed by atoms with van der Waals surface area (Å²) in [6.45, 7) is 5.06. The van der Waals surface area contributed by atoms with Crippen molar-refractivity contribution in [1.29, 1.82) is 0 Å². The molecule has 0 bridgehead atoms. The lowest BCUT2D eigenvalue weighted by atomic mass is 10.2. The van der Waals surface area contributed by atoms with Crippen LogP contribution in [0.3, 0.4) is 0 Å². The first kappa shape index (κ1) is 15.7. The van der Waals surface area contributed by atoms with E-state index >= 15 is 0 Å². The van der Waals surface area contributed by atoms with E-state index in [9.17, 15) is 8.42 Å². The topological polar surface area (TPSA) is 37.4 Å².